The van der Waals surface area contributed by atoms with Gasteiger partial charge in [0.1, 0.15) is 0 Å². The topological polar surface area (TPSA) is 18.8 Å². The van der Waals surface area contributed by atoms with Gasteiger partial charge in [-0.15, -0.1) is 0 Å². The molecule has 5 aromatic carbocycles. The lowest BCUT2D eigenvalue weighted by atomic mass is 9.90. The Kier molecular flexibility index (Phi) is 7.56. The molecular weight excluding hydrogens is 510 g/mol. The van der Waals surface area contributed by atoms with E-state index in [4.69, 9.17) is 5.10 Å². The Morgan fingerprint density at radius 2 is 0.857 bits per heavy atom. The van der Waals surface area contributed by atoms with Gasteiger partial charge in [-0.25, -0.2) is 5.01 Å². The molecule has 3 heteroatoms. The van der Waals surface area contributed by atoms with Crippen molar-refractivity contribution in [2.45, 2.75) is 51.4 Å². The first-order valence-electron chi connectivity index (χ1n) is 15.4. The maximum Gasteiger partial charge on any atom is 0.0655 e. The number of hydrazone groups is 1. The average molecular weight is 548 g/mol. The van der Waals surface area contributed by atoms with Crippen molar-refractivity contribution in [1.82, 2.24) is 0 Å². The summed E-state index contributed by atoms with van der Waals surface area (Å²) >= 11 is 0. The van der Waals surface area contributed by atoms with Crippen LogP contribution in [-0.2, 0) is 25.7 Å². The standard InChI is InChI=1S/C39H37N3/c1-3-15-35(16-4-1)41(36-17-5-2-6-18-36)37-23-19-30(20-24-37)29-40-42(38-25-21-31-11-7-9-13-33(31)27-38)39-26-22-32-12-8-10-14-34(32)28-39/h1-6,15-29H,7-14H2. The number of hydrogen-bond donors (Lipinski definition) is 0. The van der Waals surface area contributed by atoms with E-state index in [1.165, 1.54) is 60.8 Å². The lowest BCUT2D eigenvalue weighted by molar-refractivity contribution is 0.684. The molecule has 0 N–H and O–H groups in total. The molecule has 3 nitrogen and oxygen atoms in total. The van der Waals surface area contributed by atoms with E-state index in [0.717, 1.165) is 46.8 Å². The van der Waals surface area contributed by atoms with E-state index in [-0.39, 0.29) is 0 Å². The molecule has 0 saturated carbocycles. The molecule has 2 aliphatic carbocycles. The Hall–Kier alpha value is -4.63. The summed E-state index contributed by atoms with van der Waals surface area (Å²) in [5.41, 5.74) is 12.7. The molecule has 0 aromatic heterocycles. The second-order valence-electron chi connectivity index (χ2n) is 11.5. The van der Waals surface area contributed by atoms with E-state index in [1.54, 1.807) is 0 Å². The van der Waals surface area contributed by atoms with Crippen molar-refractivity contribution in [3.05, 3.63) is 149 Å². The van der Waals surface area contributed by atoms with Gasteiger partial charge in [-0.3, -0.25) is 0 Å². The number of hydrogen-bond acceptors (Lipinski definition) is 3. The molecule has 0 amide bonds. The van der Waals surface area contributed by atoms with E-state index in [9.17, 15) is 0 Å². The number of anilines is 5. The van der Waals surface area contributed by atoms with E-state index < -0.39 is 0 Å². The van der Waals surface area contributed by atoms with Gasteiger partial charge in [0.25, 0.3) is 0 Å². The number of fused-ring (bicyclic) bond motifs is 2. The van der Waals surface area contributed by atoms with Gasteiger partial charge in [0.2, 0.25) is 0 Å². The van der Waals surface area contributed by atoms with Gasteiger partial charge >= 0.3 is 0 Å². The van der Waals surface area contributed by atoms with Crippen molar-refractivity contribution in [2.24, 2.45) is 5.10 Å². The lowest BCUT2D eigenvalue weighted by Gasteiger charge is -2.25. The van der Waals surface area contributed by atoms with Gasteiger partial charge in [-0.1, -0.05) is 60.7 Å². The summed E-state index contributed by atoms with van der Waals surface area (Å²) < 4.78 is 0. The molecule has 0 saturated heterocycles. The normalized spacial score (nSPS) is 14.3. The first-order valence-corrected chi connectivity index (χ1v) is 15.4. The molecule has 7 rings (SSSR count). The van der Waals surface area contributed by atoms with E-state index >= 15 is 0 Å². The Labute approximate surface area is 249 Å². The maximum atomic E-state index is 5.12. The van der Waals surface area contributed by atoms with Crippen LogP contribution in [0.4, 0.5) is 28.4 Å². The fourth-order valence-corrected chi connectivity index (χ4v) is 6.42. The van der Waals surface area contributed by atoms with Gasteiger partial charge in [-0.2, -0.15) is 5.10 Å². The molecule has 0 aliphatic heterocycles. The molecule has 0 atom stereocenters. The van der Waals surface area contributed by atoms with E-state index in [1.807, 2.05) is 6.21 Å². The summed E-state index contributed by atoms with van der Waals surface area (Å²) in [6, 6.07) is 43.6. The van der Waals surface area contributed by atoms with Gasteiger partial charge in [0, 0.05) is 17.1 Å². The van der Waals surface area contributed by atoms with Crippen LogP contribution in [0.1, 0.15) is 53.5 Å². The molecular formula is C39H37N3. The molecule has 0 heterocycles. The summed E-state index contributed by atoms with van der Waals surface area (Å²) in [7, 11) is 0. The number of aryl methyl sites for hydroxylation is 4. The third-order valence-electron chi connectivity index (χ3n) is 8.66. The highest BCUT2D eigenvalue weighted by atomic mass is 15.5. The molecule has 5 aromatic rings. The van der Waals surface area contributed by atoms with Crippen LogP contribution in [0.3, 0.4) is 0 Å². The quantitative estimate of drug-likeness (QED) is 0.149. The SMILES string of the molecule is C(=NN(c1ccc2c(c1)CCCC2)c1ccc2c(c1)CCCC2)c1ccc(N(c2ccccc2)c2ccccc2)cc1. The second kappa shape index (κ2) is 12.1. The highest BCUT2D eigenvalue weighted by molar-refractivity contribution is 5.84. The average Bonchev–Trinajstić information content (AvgIpc) is 3.06. The first kappa shape index (κ1) is 26.3. The van der Waals surface area contributed by atoms with Crippen LogP contribution in [-0.4, -0.2) is 6.21 Å². The predicted octanol–water partition coefficient (Wildman–Crippen LogP) is 10.1. The third-order valence-corrected chi connectivity index (χ3v) is 8.66. The van der Waals surface area contributed by atoms with Crippen molar-refractivity contribution in [3.63, 3.8) is 0 Å². The smallest absolute Gasteiger partial charge is 0.0655 e. The first-order chi connectivity index (χ1) is 20.8. The largest absolute Gasteiger partial charge is 0.311 e. The van der Waals surface area contributed by atoms with Gasteiger partial charge in [0.15, 0.2) is 0 Å². The zero-order valence-corrected chi connectivity index (χ0v) is 24.1. The Balaban J connectivity index is 1.22. The number of benzene rings is 5. The minimum atomic E-state index is 1.07. The summed E-state index contributed by atoms with van der Waals surface area (Å²) in [6.45, 7) is 0. The number of rotatable bonds is 7. The molecule has 0 spiro atoms. The predicted molar refractivity (Wildman–Crippen MR) is 177 cm³/mol. The van der Waals surface area contributed by atoms with E-state index in [0.29, 0.717) is 0 Å². The molecule has 0 radical (unpaired) electrons. The fraction of sp³-hybridized carbons (Fsp3) is 0.205. The highest BCUT2D eigenvalue weighted by Crippen LogP contribution is 2.35. The Morgan fingerprint density at radius 1 is 0.429 bits per heavy atom. The van der Waals surface area contributed by atoms with Gasteiger partial charge in [-0.05, 0) is 140 Å². The molecule has 2 aliphatic rings. The van der Waals surface area contributed by atoms with Crippen molar-refractivity contribution in [2.75, 3.05) is 9.91 Å². The van der Waals surface area contributed by atoms with Crippen LogP contribution < -0.4 is 9.91 Å². The molecule has 42 heavy (non-hydrogen) atoms. The summed E-state index contributed by atoms with van der Waals surface area (Å²) in [6.07, 6.45) is 11.8. The summed E-state index contributed by atoms with van der Waals surface area (Å²) in [5.74, 6) is 0. The molecule has 0 fully saturated rings. The summed E-state index contributed by atoms with van der Waals surface area (Å²) in [4.78, 5) is 2.29. The van der Waals surface area contributed by atoms with Crippen LogP contribution in [0.15, 0.2) is 126 Å². The highest BCUT2D eigenvalue weighted by Gasteiger charge is 2.17. The minimum Gasteiger partial charge on any atom is -0.311 e. The summed E-state index contributed by atoms with van der Waals surface area (Å²) in [5, 5.41) is 7.25. The molecule has 0 bridgehead atoms. The fourth-order valence-electron chi connectivity index (χ4n) is 6.42. The van der Waals surface area contributed by atoms with Gasteiger partial charge < -0.3 is 4.90 Å². The monoisotopic (exact) mass is 547 g/mol. The molecule has 208 valence electrons. The van der Waals surface area contributed by atoms with Crippen molar-refractivity contribution < 1.29 is 0 Å². The van der Waals surface area contributed by atoms with Crippen LogP contribution in [0, 0.1) is 0 Å². The van der Waals surface area contributed by atoms with Crippen molar-refractivity contribution >= 4 is 34.7 Å². The van der Waals surface area contributed by atoms with Crippen molar-refractivity contribution in [3.8, 4) is 0 Å². The minimum absolute atomic E-state index is 1.07. The van der Waals surface area contributed by atoms with Crippen LogP contribution in [0.2, 0.25) is 0 Å². The Bertz CT molecular complexity index is 1570. The lowest BCUT2D eigenvalue weighted by Crippen LogP contribution is -2.13. The van der Waals surface area contributed by atoms with E-state index in [2.05, 4.69) is 131 Å². The van der Waals surface area contributed by atoms with Crippen LogP contribution in [0.25, 0.3) is 0 Å². The van der Waals surface area contributed by atoms with Crippen LogP contribution >= 0.6 is 0 Å². The van der Waals surface area contributed by atoms with Crippen molar-refractivity contribution in [1.29, 1.82) is 0 Å². The zero-order chi connectivity index (χ0) is 28.1. The maximum absolute atomic E-state index is 5.12. The zero-order valence-electron chi connectivity index (χ0n) is 24.1. The third kappa shape index (κ3) is 5.60. The Morgan fingerprint density at radius 3 is 1.36 bits per heavy atom. The van der Waals surface area contributed by atoms with Gasteiger partial charge in [0.05, 0.1) is 17.6 Å². The number of para-hydroxylation sites is 2. The second-order valence-corrected chi connectivity index (χ2v) is 11.5. The number of nitrogens with zero attached hydrogens (tertiary/aromatic N) is 3. The molecule has 0 unspecified atom stereocenters. The van der Waals surface area contributed by atoms with Crippen LogP contribution in [0.5, 0.6) is 0 Å².